The van der Waals surface area contributed by atoms with Gasteiger partial charge in [0, 0.05) is 19.0 Å². The first-order valence-corrected chi connectivity index (χ1v) is 10.7. The average Bonchev–Trinajstić information content (AvgIpc) is 2.63. The molecule has 0 aromatic heterocycles. The Kier molecular flexibility index (Phi) is 5.94. The van der Waals surface area contributed by atoms with Crippen molar-refractivity contribution < 1.29 is 13.2 Å². The van der Waals surface area contributed by atoms with Gasteiger partial charge in [-0.2, -0.15) is 0 Å². The van der Waals surface area contributed by atoms with Crippen molar-refractivity contribution in [3.63, 3.8) is 0 Å². The van der Waals surface area contributed by atoms with E-state index in [0.29, 0.717) is 5.92 Å². The number of benzene rings is 2. The fourth-order valence-electron chi connectivity index (χ4n) is 3.53. The summed E-state index contributed by atoms with van der Waals surface area (Å²) < 4.78 is 27.4. The number of rotatable bonds is 6. The molecule has 1 aliphatic carbocycles. The van der Waals surface area contributed by atoms with Gasteiger partial charge in [-0.15, -0.1) is 0 Å². The Hall–Kier alpha value is -1.92. The Balaban J connectivity index is 1.55. The highest BCUT2D eigenvalue weighted by Gasteiger charge is 2.23. The summed E-state index contributed by atoms with van der Waals surface area (Å²) >= 11 is 0. The maximum absolute atomic E-state index is 12.5. The summed E-state index contributed by atoms with van der Waals surface area (Å²) in [7, 11) is -3.62. The predicted molar refractivity (Wildman–Crippen MR) is 103 cm³/mol. The standard InChI is InChI=1S/C20H26N2O3S/c1-15-6-2-5-9-19(15)22-20(23)12-13-21-26(24,25)18-11-10-16-7-3-4-8-17(16)14-18/h3-4,7-8,10-11,14-15,19,21H,2,5-6,9,12-13H2,1H3,(H,22,23)/t15-,19+/m0/s1. The van der Waals surface area contributed by atoms with Crippen LogP contribution in [0.1, 0.15) is 39.0 Å². The number of nitrogens with one attached hydrogen (secondary N) is 2. The summed E-state index contributed by atoms with van der Waals surface area (Å²) in [6, 6.07) is 12.9. The smallest absolute Gasteiger partial charge is 0.240 e. The zero-order valence-electron chi connectivity index (χ0n) is 15.1. The predicted octanol–water partition coefficient (Wildman–Crippen LogP) is 3.20. The summed E-state index contributed by atoms with van der Waals surface area (Å²) in [4.78, 5) is 12.3. The molecule has 3 rings (SSSR count). The number of amides is 1. The molecule has 0 spiro atoms. The molecule has 0 unspecified atom stereocenters. The van der Waals surface area contributed by atoms with Gasteiger partial charge in [0.1, 0.15) is 0 Å². The summed E-state index contributed by atoms with van der Waals surface area (Å²) in [6.45, 7) is 2.26. The van der Waals surface area contributed by atoms with E-state index in [9.17, 15) is 13.2 Å². The average molecular weight is 375 g/mol. The SMILES string of the molecule is C[C@H]1CCCC[C@H]1NC(=O)CCNS(=O)(=O)c1ccc2ccccc2c1. The lowest BCUT2D eigenvalue weighted by Gasteiger charge is -2.29. The number of fused-ring (bicyclic) bond motifs is 1. The molecule has 1 amide bonds. The zero-order valence-corrected chi connectivity index (χ0v) is 15.9. The lowest BCUT2D eigenvalue weighted by atomic mass is 9.86. The van der Waals surface area contributed by atoms with Gasteiger partial charge in [0.2, 0.25) is 15.9 Å². The van der Waals surface area contributed by atoms with Crippen LogP contribution >= 0.6 is 0 Å². The van der Waals surface area contributed by atoms with E-state index in [2.05, 4.69) is 17.0 Å². The topological polar surface area (TPSA) is 75.3 Å². The third kappa shape index (κ3) is 4.62. The summed E-state index contributed by atoms with van der Waals surface area (Å²) in [5.74, 6) is 0.395. The van der Waals surface area contributed by atoms with Crippen molar-refractivity contribution in [1.29, 1.82) is 0 Å². The fourth-order valence-corrected chi connectivity index (χ4v) is 4.59. The van der Waals surface area contributed by atoms with Gasteiger partial charge >= 0.3 is 0 Å². The highest BCUT2D eigenvalue weighted by atomic mass is 32.2. The highest BCUT2D eigenvalue weighted by molar-refractivity contribution is 7.89. The Morgan fingerprint density at radius 3 is 2.58 bits per heavy atom. The quantitative estimate of drug-likeness (QED) is 0.815. The highest BCUT2D eigenvalue weighted by Crippen LogP contribution is 2.23. The Morgan fingerprint density at radius 1 is 1.08 bits per heavy atom. The molecule has 140 valence electrons. The Bertz CT molecular complexity index is 880. The third-order valence-corrected chi connectivity index (χ3v) is 6.59. The van der Waals surface area contributed by atoms with Gasteiger partial charge in [-0.3, -0.25) is 4.79 Å². The molecule has 2 aromatic rings. The molecule has 1 aliphatic rings. The van der Waals surface area contributed by atoms with Crippen molar-refractivity contribution in [1.82, 2.24) is 10.0 Å². The van der Waals surface area contributed by atoms with Crippen LogP contribution in [-0.4, -0.2) is 26.9 Å². The first-order chi connectivity index (χ1) is 12.5. The van der Waals surface area contributed by atoms with E-state index >= 15 is 0 Å². The van der Waals surface area contributed by atoms with Crippen LogP contribution in [0.15, 0.2) is 47.4 Å². The summed E-state index contributed by atoms with van der Waals surface area (Å²) in [5, 5.41) is 4.91. The minimum Gasteiger partial charge on any atom is -0.353 e. The van der Waals surface area contributed by atoms with Crippen molar-refractivity contribution in [2.24, 2.45) is 5.92 Å². The van der Waals surface area contributed by atoms with Crippen molar-refractivity contribution in [3.05, 3.63) is 42.5 Å². The Morgan fingerprint density at radius 2 is 1.81 bits per heavy atom. The monoisotopic (exact) mass is 374 g/mol. The van der Waals surface area contributed by atoms with Crippen molar-refractivity contribution in [3.8, 4) is 0 Å². The molecule has 1 fully saturated rings. The molecule has 5 nitrogen and oxygen atoms in total. The number of carbonyl (C=O) groups is 1. The van der Waals surface area contributed by atoms with E-state index in [4.69, 9.17) is 0 Å². The molecule has 26 heavy (non-hydrogen) atoms. The Labute approximate surface area is 155 Å². The van der Waals surface area contributed by atoms with Gasteiger partial charge in [0.25, 0.3) is 0 Å². The number of sulfonamides is 1. The normalized spacial score (nSPS) is 20.8. The molecular weight excluding hydrogens is 348 g/mol. The van der Waals surface area contributed by atoms with E-state index in [-0.39, 0.29) is 29.8 Å². The molecule has 2 atom stereocenters. The minimum absolute atomic E-state index is 0.0926. The first-order valence-electron chi connectivity index (χ1n) is 9.23. The number of hydrogen-bond donors (Lipinski definition) is 2. The molecule has 0 heterocycles. The maximum Gasteiger partial charge on any atom is 0.240 e. The second-order valence-corrected chi connectivity index (χ2v) is 8.86. The fraction of sp³-hybridized carbons (Fsp3) is 0.450. The number of hydrogen-bond acceptors (Lipinski definition) is 3. The van der Waals surface area contributed by atoms with Crippen molar-refractivity contribution in [2.75, 3.05) is 6.54 Å². The van der Waals surface area contributed by atoms with Gasteiger partial charge in [-0.05, 0) is 41.7 Å². The zero-order chi connectivity index (χ0) is 18.6. The molecule has 6 heteroatoms. The molecule has 2 N–H and O–H groups in total. The first kappa shape index (κ1) is 18.9. The molecule has 0 aliphatic heterocycles. The lowest BCUT2D eigenvalue weighted by Crippen LogP contribution is -2.42. The van der Waals surface area contributed by atoms with Gasteiger partial charge in [0.15, 0.2) is 0 Å². The summed E-state index contributed by atoms with van der Waals surface area (Å²) in [6.07, 6.45) is 4.66. The van der Waals surface area contributed by atoms with Crippen LogP contribution in [0.2, 0.25) is 0 Å². The van der Waals surface area contributed by atoms with E-state index in [1.807, 2.05) is 24.3 Å². The van der Waals surface area contributed by atoms with Gasteiger partial charge in [-0.1, -0.05) is 50.1 Å². The van der Waals surface area contributed by atoms with E-state index in [0.717, 1.165) is 30.0 Å². The molecule has 2 aromatic carbocycles. The summed E-state index contributed by atoms with van der Waals surface area (Å²) in [5.41, 5.74) is 0. The van der Waals surface area contributed by atoms with Crippen LogP contribution < -0.4 is 10.0 Å². The van der Waals surface area contributed by atoms with Crippen LogP contribution in [0, 0.1) is 5.92 Å². The van der Waals surface area contributed by atoms with E-state index in [1.165, 1.54) is 6.42 Å². The second-order valence-electron chi connectivity index (χ2n) is 7.09. The van der Waals surface area contributed by atoms with E-state index < -0.39 is 10.0 Å². The van der Waals surface area contributed by atoms with Crippen LogP contribution in [0.4, 0.5) is 0 Å². The van der Waals surface area contributed by atoms with Crippen LogP contribution in [-0.2, 0) is 14.8 Å². The van der Waals surface area contributed by atoms with Crippen LogP contribution in [0.25, 0.3) is 10.8 Å². The van der Waals surface area contributed by atoms with Crippen molar-refractivity contribution in [2.45, 2.75) is 50.0 Å². The van der Waals surface area contributed by atoms with Gasteiger partial charge < -0.3 is 5.32 Å². The van der Waals surface area contributed by atoms with Crippen LogP contribution in [0.3, 0.4) is 0 Å². The molecular formula is C20H26N2O3S. The molecule has 1 saturated carbocycles. The van der Waals surface area contributed by atoms with Crippen LogP contribution in [0.5, 0.6) is 0 Å². The lowest BCUT2D eigenvalue weighted by molar-refractivity contribution is -0.122. The minimum atomic E-state index is -3.62. The molecule has 0 bridgehead atoms. The molecule has 0 saturated heterocycles. The maximum atomic E-state index is 12.5. The molecule has 0 radical (unpaired) electrons. The largest absolute Gasteiger partial charge is 0.353 e. The van der Waals surface area contributed by atoms with Gasteiger partial charge in [0.05, 0.1) is 4.90 Å². The second kappa shape index (κ2) is 8.18. The van der Waals surface area contributed by atoms with E-state index in [1.54, 1.807) is 18.2 Å². The van der Waals surface area contributed by atoms with Gasteiger partial charge in [-0.25, -0.2) is 13.1 Å². The van der Waals surface area contributed by atoms with Crippen molar-refractivity contribution >= 4 is 26.7 Å². The number of carbonyl (C=O) groups excluding carboxylic acids is 1. The third-order valence-electron chi connectivity index (χ3n) is 5.13.